The zero-order valence-corrected chi connectivity index (χ0v) is 16.1. The first-order chi connectivity index (χ1) is 12.7. The molecule has 2 aromatic rings. The maximum Gasteiger partial charge on any atom is 0.253 e. The summed E-state index contributed by atoms with van der Waals surface area (Å²) >= 11 is 1.79. The SMILES string of the molecule is CSc1cccc(CN2C[C@H]3CC[C@@H]2CN(C(=O)c2ccccc2)C3)c1. The zero-order chi connectivity index (χ0) is 17.9. The Balaban J connectivity index is 1.48. The van der Waals surface area contributed by atoms with Crippen LogP contribution in [-0.4, -0.2) is 47.6 Å². The van der Waals surface area contributed by atoms with Crippen molar-refractivity contribution in [2.75, 3.05) is 25.9 Å². The van der Waals surface area contributed by atoms with E-state index in [0.29, 0.717) is 12.0 Å². The van der Waals surface area contributed by atoms with Crippen LogP contribution in [0.3, 0.4) is 0 Å². The van der Waals surface area contributed by atoms with E-state index in [2.05, 4.69) is 40.3 Å². The number of amides is 1. The average Bonchev–Trinajstić information content (AvgIpc) is 3.00. The Morgan fingerprint density at radius 3 is 2.69 bits per heavy atom. The smallest absolute Gasteiger partial charge is 0.253 e. The van der Waals surface area contributed by atoms with E-state index in [9.17, 15) is 4.79 Å². The van der Waals surface area contributed by atoms with E-state index in [1.54, 1.807) is 11.8 Å². The number of rotatable bonds is 4. The molecule has 3 aliphatic rings. The molecule has 4 heteroatoms. The summed E-state index contributed by atoms with van der Waals surface area (Å²) in [6.07, 6.45) is 4.57. The molecule has 0 saturated carbocycles. The van der Waals surface area contributed by atoms with Crippen LogP contribution >= 0.6 is 11.8 Å². The minimum absolute atomic E-state index is 0.189. The number of piperidine rings is 1. The van der Waals surface area contributed by atoms with Gasteiger partial charge in [0.1, 0.15) is 0 Å². The molecule has 0 aromatic heterocycles. The van der Waals surface area contributed by atoms with Crippen LogP contribution in [0, 0.1) is 5.92 Å². The first kappa shape index (κ1) is 17.6. The average molecular weight is 367 g/mol. The number of hydrogen-bond acceptors (Lipinski definition) is 3. The summed E-state index contributed by atoms with van der Waals surface area (Å²) in [5, 5.41) is 0. The van der Waals surface area contributed by atoms with E-state index in [1.807, 2.05) is 30.3 Å². The first-order valence-electron chi connectivity index (χ1n) is 9.44. The van der Waals surface area contributed by atoms with Gasteiger partial charge in [0.2, 0.25) is 0 Å². The topological polar surface area (TPSA) is 23.6 Å². The lowest BCUT2D eigenvalue weighted by Gasteiger charge is -2.36. The molecule has 3 saturated heterocycles. The molecule has 3 nitrogen and oxygen atoms in total. The fourth-order valence-electron chi connectivity index (χ4n) is 4.31. The molecule has 136 valence electrons. The van der Waals surface area contributed by atoms with E-state index in [1.165, 1.54) is 23.3 Å². The van der Waals surface area contributed by atoms with Crippen molar-refractivity contribution in [2.45, 2.75) is 30.3 Å². The molecule has 0 unspecified atom stereocenters. The molecule has 3 fully saturated rings. The largest absolute Gasteiger partial charge is 0.337 e. The highest BCUT2D eigenvalue weighted by molar-refractivity contribution is 7.98. The summed E-state index contributed by atoms with van der Waals surface area (Å²) < 4.78 is 0. The van der Waals surface area contributed by atoms with Crippen LogP contribution in [0.25, 0.3) is 0 Å². The molecule has 1 amide bonds. The van der Waals surface area contributed by atoms with E-state index < -0.39 is 0 Å². The third kappa shape index (κ3) is 3.81. The van der Waals surface area contributed by atoms with E-state index in [-0.39, 0.29) is 5.91 Å². The summed E-state index contributed by atoms with van der Waals surface area (Å²) in [6, 6.07) is 19.1. The van der Waals surface area contributed by atoms with Crippen LogP contribution in [0.4, 0.5) is 0 Å². The molecule has 2 aromatic carbocycles. The van der Waals surface area contributed by atoms with Gasteiger partial charge in [0, 0.05) is 42.7 Å². The molecule has 2 atom stereocenters. The van der Waals surface area contributed by atoms with Crippen LogP contribution in [0.5, 0.6) is 0 Å². The van der Waals surface area contributed by atoms with Crippen molar-refractivity contribution in [3.8, 4) is 0 Å². The second-order valence-corrected chi connectivity index (χ2v) is 8.33. The maximum absolute atomic E-state index is 12.9. The summed E-state index contributed by atoms with van der Waals surface area (Å²) in [5.41, 5.74) is 2.19. The molecule has 3 heterocycles. The number of carbonyl (C=O) groups excluding carboxylic acids is 1. The lowest BCUT2D eigenvalue weighted by Crippen LogP contribution is -2.43. The molecule has 2 bridgehead atoms. The Morgan fingerprint density at radius 1 is 1.04 bits per heavy atom. The van der Waals surface area contributed by atoms with Gasteiger partial charge in [0.15, 0.2) is 0 Å². The van der Waals surface area contributed by atoms with Gasteiger partial charge in [-0.15, -0.1) is 11.8 Å². The predicted octanol–water partition coefficient (Wildman–Crippen LogP) is 4.15. The molecular weight excluding hydrogens is 340 g/mol. The third-order valence-corrected chi connectivity index (χ3v) is 6.38. The minimum atomic E-state index is 0.189. The number of hydrogen-bond donors (Lipinski definition) is 0. The molecule has 0 radical (unpaired) electrons. The molecule has 5 rings (SSSR count). The highest BCUT2D eigenvalue weighted by Gasteiger charge is 2.36. The Hall–Kier alpha value is -1.78. The van der Waals surface area contributed by atoms with Gasteiger partial charge in [-0.1, -0.05) is 30.3 Å². The second kappa shape index (κ2) is 7.85. The maximum atomic E-state index is 12.9. The second-order valence-electron chi connectivity index (χ2n) is 7.45. The lowest BCUT2D eigenvalue weighted by molar-refractivity contribution is 0.0736. The normalized spacial score (nSPS) is 23.0. The molecule has 0 spiro atoms. The van der Waals surface area contributed by atoms with E-state index in [0.717, 1.165) is 31.7 Å². The highest BCUT2D eigenvalue weighted by Crippen LogP contribution is 2.30. The fraction of sp³-hybridized carbons (Fsp3) is 0.409. The Bertz CT molecular complexity index is 764. The van der Waals surface area contributed by atoms with Gasteiger partial charge in [-0.2, -0.15) is 0 Å². The number of nitrogens with zero attached hydrogens (tertiary/aromatic N) is 2. The van der Waals surface area contributed by atoms with Crippen molar-refractivity contribution in [3.05, 3.63) is 65.7 Å². The van der Waals surface area contributed by atoms with Crippen molar-refractivity contribution >= 4 is 17.7 Å². The minimum Gasteiger partial charge on any atom is -0.337 e. The lowest BCUT2D eigenvalue weighted by atomic mass is 9.94. The number of benzene rings is 2. The Morgan fingerprint density at radius 2 is 1.88 bits per heavy atom. The summed E-state index contributed by atoms with van der Waals surface area (Å²) in [4.78, 5) is 18.9. The van der Waals surface area contributed by atoms with Gasteiger partial charge >= 0.3 is 0 Å². The van der Waals surface area contributed by atoms with Gasteiger partial charge in [-0.05, 0) is 54.8 Å². The zero-order valence-electron chi connectivity index (χ0n) is 15.3. The van der Waals surface area contributed by atoms with Crippen molar-refractivity contribution in [2.24, 2.45) is 5.92 Å². The molecular formula is C22H26N2OS. The molecule has 26 heavy (non-hydrogen) atoms. The summed E-state index contributed by atoms with van der Waals surface area (Å²) in [7, 11) is 0. The first-order valence-corrected chi connectivity index (χ1v) is 10.7. The van der Waals surface area contributed by atoms with Gasteiger partial charge in [0.25, 0.3) is 5.91 Å². The van der Waals surface area contributed by atoms with E-state index in [4.69, 9.17) is 0 Å². The Labute approximate surface area is 160 Å². The monoisotopic (exact) mass is 366 g/mol. The summed E-state index contributed by atoms with van der Waals surface area (Å²) in [6.45, 7) is 3.84. The van der Waals surface area contributed by atoms with Crippen LogP contribution < -0.4 is 0 Å². The molecule has 3 aliphatic heterocycles. The number of carbonyl (C=O) groups is 1. The number of fused-ring (bicyclic) bond motifs is 4. The van der Waals surface area contributed by atoms with Gasteiger partial charge < -0.3 is 4.90 Å². The fourth-order valence-corrected chi connectivity index (χ4v) is 4.79. The molecule has 0 aliphatic carbocycles. The third-order valence-electron chi connectivity index (χ3n) is 5.65. The van der Waals surface area contributed by atoms with E-state index >= 15 is 0 Å². The Kier molecular flexibility index (Phi) is 5.32. The number of thioether (sulfide) groups is 1. The molecule has 0 N–H and O–H groups in total. The standard InChI is InChI=1S/C22H26N2OS/c1-26-21-9-5-6-17(12-21)13-23-14-18-10-11-20(23)16-24(15-18)22(25)19-7-3-2-4-8-19/h2-9,12,18,20H,10-11,13-16H2,1H3/t18-,20-/m1/s1. The van der Waals surface area contributed by atoms with Gasteiger partial charge in [-0.25, -0.2) is 0 Å². The van der Waals surface area contributed by atoms with Crippen LogP contribution in [-0.2, 0) is 6.54 Å². The van der Waals surface area contributed by atoms with Crippen molar-refractivity contribution in [1.29, 1.82) is 0 Å². The van der Waals surface area contributed by atoms with Crippen LogP contribution in [0.1, 0.15) is 28.8 Å². The van der Waals surface area contributed by atoms with Crippen LogP contribution in [0.2, 0.25) is 0 Å². The van der Waals surface area contributed by atoms with Crippen LogP contribution in [0.15, 0.2) is 59.5 Å². The predicted molar refractivity (Wildman–Crippen MR) is 107 cm³/mol. The quantitative estimate of drug-likeness (QED) is 0.760. The van der Waals surface area contributed by atoms with Crippen molar-refractivity contribution < 1.29 is 4.79 Å². The highest BCUT2D eigenvalue weighted by atomic mass is 32.2. The van der Waals surface area contributed by atoms with Crippen molar-refractivity contribution in [1.82, 2.24) is 9.80 Å². The summed E-state index contributed by atoms with van der Waals surface area (Å²) in [5.74, 6) is 0.777. The van der Waals surface area contributed by atoms with Gasteiger partial charge in [0.05, 0.1) is 0 Å². The van der Waals surface area contributed by atoms with Crippen molar-refractivity contribution in [3.63, 3.8) is 0 Å². The van der Waals surface area contributed by atoms with Gasteiger partial charge in [-0.3, -0.25) is 9.69 Å².